The maximum atomic E-state index is 13.5. The van der Waals surface area contributed by atoms with Crippen LogP contribution >= 0.6 is 11.8 Å². The molecule has 23 heavy (non-hydrogen) atoms. The van der Waals surface area contributed by atoms with Crippen molar-refractivity contribution in [3.63, 3.8) is 0 Å². The molecule has 0 saturated carbocycles. The lowest BCUT2D eigenvalue weighted by Gasteiger charge is -2.26. The van der Waals surface area contributed by atoms with Gasteiger partial charge in [0, 0.05) is 25.7 Å². The Kier molecular flexibility index (Phi) is 7.13. The van der Waals surface area contributed by atoms with Crippen molar-refractivity contribution in [1.29, 1.82) is 5.26 Å². The van der Waals surface area contributed by atoms with Crippen molar-refractivity contribution >= 4 is 22.6 Å². The Morgan fingerprint density at radius 1 is 1.52 bits per heavy atom. The molecule has 1 aliphatic rings. The summed E-state index contributed by atoms with van der Waals surface area (Å²) >= 11 is 1.27. The van der Waals surface area contributed by atoms with Gasteiger partial charge in [-0.25, -0.2) is 9.38 Å². The van der Waals surface area contributed by atoms with E-state index in [0.29, 0.717) is 23.2 Å². The molecule has 1 fully saturated rings. The lowest BCUT2D eigenvalue weighted by molar-refractivity contribution is 0.0323. The summed E-state index contributed by atoms with van der Waals surface area (Å²) in [6, 6.07) is 4.18. The summed E-state index contributed by atoms with van der Waals surface area (Å²) in [5, 5.41) is 11.5. The van der Waals surface area contributed by atoms with Gasteiger partial charge in [-0.05, 0) is 18.4 Å². The van der Waals surface area contributed by atoms with Gasteiger partial charge in [0.1, 0.15) is 23.9 Å². The van der Waals surface area contributed by atoms with Crippen LogP contribution in [0, 0.1) is 17.3 Å². The SMILES string of the molecule is CSC(=Nc1cc(F)ccc1OCCN1CCOCC1)NC#N. The molecule has 1 aromatic carbocycles. The van der Waals surface area contributed by atoms with E-state index in [1.165, 1.54) is 23.9 Å². The van der Waals surface area contributed by atoms with Gasteiger partial charge in [0.2, 0.25) is 0 Å². The van der Waals surface area contributed by atoms with E-state index in [1.807, 2.05) is 0 Å². The van der Waals surface area contributed by atoms with E-state index in [0.717, 1.165) is 32.8 Å². The van der Waals surface area contributed by atoms with Crippen LogP contribution in [0.4, 0.5) is 10.1 Å². The van der Waals surface area contributed by atoms with Crippen LogP contribution in [-0.4, -0.2) is 55.8 Å². The molecule has 0 aromatic heterocycles. The van der Waals surface area contributed by atoms with E-state index < -0.39 is 5.82 Å². The second kappa shape index (κ2) is 9.35. The molecular formula is C15H19FN4O2S. The summed E-state index contributed by atoms with van der Waals surface area (Å²) in [6.07, 6.45) is 3.58. The van der Waals surface area contributed by atoms with Crippen LogP contribution in [0.5, 0.6) is 5.75 Å². The van der Waals surface area contributed by atoms with Gasteiger partial charge in [-0.2, -0.15) is 5.26 Å². The molecule has 0 radical (unpaired) electrons. The van der Waals surface area contributed by atoms with Crippen molar-refractivity contribution in [2.45, 2.75) is 0 Å². The van der Waals surface area contributed by atoms with E-state index in [-0.39, 0.29) is 0 Å². The van der Waals surface area contributed by atoms with Crippen LogP contribution in [0.15, 0.2) is 23.2 Å². The number of amidine groups is 1. The van der Waals surface area contributed by atoms with Crippen molar-refractivity contribution in [3.8, 4) is 11.9 Å². The van der Waals surface area contributed by atoms with E-state index in [9.17, 15) is 4.39 Å². The molecule has 0 spiro atoms. The van der Waals surface area contributed by atoms with Crippen molar-refractivity contribution in [3.05, 3.63) is 24.0 Å². The Morgan fingerprint density at radius 2 is 2.30 bits per heavy atom. The third-order valence-corrected chi connectivity index (χ3v) is 3.85. The Hall–Kier alpha value is -1.82. The summed E-state index contributed by atoms with van der Waals surface area (Å²) in [7, 11) is 0. The van der Waals surface area contributed by atoms with Crippen molar-refractivity contribution in [1.82, 2.24) is 10.2 Å². The van der Waals surface area contributed by atoms with Crippen LogP contribution in [-0.2, 0) is 4.74 Å². The normalized spacial score (nSPS) is 16.0. The number of ether oxygens (including phenoxy) is 2. The summed E-state index contributed by atoms with van der Waals surface area (Å²) in [5.41, 5.74) is 0.360. The summed E-state index contributed by atoms with van der Waals surface area (Å²) < 4.78 is 24.5. The highest BCUT2D eigenvalue weighted by atomic mass is 32.2. The van der Waals surface area contributed by atoms with Gasteiger partial charge in [0.05, 0.1) is 13.2 Å². The monoisotopic (exact) mass is 338 g/mol. The number of rotatable bonds is 5. The maximum absolute atomic E-state index is 13.5. The zero-order chi connectivity index (χ0) is 16.5. The highest BCUT2D eigenvalue weighted by Gasteiger charge is 2.11. The molecule has 0 amide bonds. The number of hydrogen-bond acceptors (Lipinski definition) is 6. The van der Waals surface area contributed by atoms with E-state index in [2.05, 4.69) is 15.2 Å². The van der Waals surface area contributed by atoms with Gasteiger partial charge in [0.15, 0.2) is 11.4 Å². The topological polar surface area (TPSA) is 69.9 Å². The molecular weight excluding hydrogens is 319 g/mol. The first-order valence-electron chi connectivity index (χ1n) is 7.23. The molecule has 1 aliphatic heterocycles. The summed E-state index contributed by atoms with van der Waals surface area (Å²) in [5.74, 6) is 0.0904. The zero-order valence-electron chi connectivity index (χ0n) is 12.9. The number of morpholine rings is 1. The first kappa shape index (κ1) is 17.5. The van der Waals surface area contributed by atoms with Crippen molar-refractivity contribution in [2.75, 3.05) is 45.7 Å². The maximum Gasteiger partial charge on any atom is 0.183 e. The number of nitrogens with one attached hydrogen (secondary N) is 1. The molecule has 0 aliphatic carbocycles. The van der Waals surface area contributed by atoms with Gasteiger partial charge in [-0.15, -0.1) is 0 Å². The Labute approximate surface area is 139 Å². The van der Waals surface area contributed by atoms with Gasteiger partial charge >= 0.3 is 0 Å². The van der Waals surface area contributed by atoms with Crippen molar-refractivity contribution in [2.24, 2.45) is 4.99 Å². The van der Waals surface area contributed by atoms with Crippen LogP contribution in [0.3, 0.4) is 0 Å². The molecule has 1 saturated heterocycles. The zero-order valence-corrected chi connectivity index (χ0v) is 13.7. The molecule has 0 bridgehead atoms. The minimum Gasteiger partial charge on any atom is -0.490 e. The van der Waals surface area contributed by atoms with Gasteiger partial charge in [-0.3, -0.25) is 10.2 Å². The second-order valence-corrected chi connectivity index (χ2v) is 5.57. The molecule has 8 heteroatoms. The molecule has 6 nitrogen and oxygen atoms in total. The number of thioether (sulfide) groups is 1. The molecule has 0 unspecified atom stereocenters. The molecule has 124 valence electrons. The molecule has 2 rings (SSSR count). The fraction of sp³-hybridized carbons (Fsp3) is 0.467. The smallest absolute Gasteiger partial charge is 0.183 e. The predicted octanol–water partition coefficient (Wildman–Crippen LogP) is 1.96. The van der Waals surface area contributed by atoms with E-state index in [4.69, 9.17) is 14.7 Å². The molecule has 1 aromatic rings. The van der Waals surface area contributed by atoms with Gasteiger partial charge in [-0.1, -0.05) is 11.8 Å². The average Bonchev–Trinajstić information content (AvgIpc) is 2.57. The Morgan fingerprint density at radius 3 is 3.00 bits per heavy atom. The number of benzene rings is 1. The number of aliphatic imine (C=N–C) groups is 1. The van der Waals surface area contributed by atoms with Crippen LogP contribution in [0.2, 0.25) is 0 Å². The van der Waals surface area contributed by atoms with Gasteiger partial charge in [0.25, 0.3) is 0 Å². The first-order valence-corrected chi connectivity index (χ1v) is 8.45. The minimum atomic E-state index is -0.401. The van der Waals surface area contributed by atoms with Crippen LogP contribution < -0.4 is 10.1 Å². The number of hydrogen-bond donors (Lipinski definition) is 1. The average molecular weight is 338 g/mol. The first-order chi connectivity index (χ1) is 11.2. The number of nitrogens with zero attached hydrogens (tertiary/aromatic N) is 3. The molecule has 1 heterocycles. The van der Waals surface area contributed by atoms with E-state index in [1.54, 1.807) is 18.5 Å². The van der Waals surface area contributed by atoms with E-state index >= 15 is 0 Å². The summed E-state index contributed by atoms with van der Waals surface area (Å²) in [4.78, 5) is 6.49. The Bertz CT molecular complexity index is 585. The quantitative estimate of drug-likeness (QED) is 0.383. The Balaban J connectivity index is 2.01. The lowest BCUT2D eigenvalue weighted by atomic mass is 10.3. The fourth-order valence-electron chi connectivity index (χ4n) is 2.09. The van der Waals surface area contributed by atoms with Crippen molar-refractivity contribution < 1.29 is 13.9 Å². The summed E-state index contributed by atoms with van der Waals surface area (Å²) in [6.45, 7) is 4.51. The highest BCUT2D eigenvalue weighted by molar-refractivity contribution is 8.13. The largest absolute Gasteiger partial charge is 0.490 e. The third kappa shape index (κ3) is 5.71. The predicted molar refractivity (Wildman–Crippen MR) is 88.5 cm³/mol. The van der Waals surface area contributed by atoms with Gasteiger partial charge < -0.3 is 9.47 Å². The third-order valence-electron chi connectivity index (χ3n) is 3.27. The lowest BCUT2D eigenvalue weighted by Crippen LogP contribution is -2.38. The van der Waals surface area contributed by atoms with Crippen LogP contribution in [0.1, 0.15) is 0 Å². The van der Waals surface area contributed by atoms with Crippen LogP contribution in [0.25, 0.3) is 0 Å². The highest BCUT2D eigenvalue weighted by Crippen LogP contribution is 2.29. The second-order valence-electron chi connectivity index (χ2n) is 4.77. The minimum absolute atomic E-state index is 0.360. The molecule has 1 N–H and O–H groups in total. The number of halogens is 1. The number of nitriles is 1. The molecule has 0 atom stereocenters. The fourth-order valence-corrected chi connectivity index (χ4v) is 2.43. The standard InChI is InChI=1S/C15H19FN4O2S/c1-23-15(18-11-17)19-13-10-12(16)2-3-14(13)22-9-6-20-4-7-21-8-5-20/h2-3,10H,4-9H2,1H3,(H,18,19).